The molecule has 39 heavy (non-hydrogen) atoms. The van der Waals surface area contributed by atoms with Crippen molar-refractivity contribution in [2.75, 3.05) is 23.5 Å². The highest BCUT2D eigenvalue weighted by Gasteiger charge is 2.66. The van der Waals surface area contributed by atoms with Gasteiger partial charge in [-0.2, -0.15) is 0 Å². The number of carbonyl (C=O) groups excluding carboxylic acids is 3. The third-order valence-corrected chi connectivity index (χ3v) is 8.52. The fraction of sp³-hybridized carbons (Fsp3) is 0.207. The van der Waals surface area contributed by atoms with Crippen molar-refractivity contribution in [3.8, 4) is 0 Å². The lowest BCUT2D eigenvalue weighted by atomic mass is 9.84. The van der Waals surface area contributed by atoms with Crippen molar-refractivity contribution in [1.82, 2.24) is 4.98 Å². The van der Waals surface area contributed by atoms with Crippen LogP contribution < -0.4 is 15.2 Å². The van der Waals surface area contributed by atoms with E-state index < -0.39 is 28.8 Å². The fourth-order valence-corrected chi connectivity index (χ4v) is 6.52. The van der Waals surface area contributed by atoms with Crippen LogP contribution in [0.25, 0.3) is 11.0 Å². The number of fused-ring (bicyclic) bond motifs is 5. The summed E-state index contributed by atoms with van der Waals surface area (Å²) in [5, 5.41) is 0.340. The van der Waals surface area contributed by atoms with Gasteiger partial charge >= 0.3 is 5.97 Å². The first-order valence-electron chi connectivity index (χ1n) is 12.2. The number of hydrogen-bond acceptors (Lipinski definition) is 8. The molecule has 1 atom stereocenters. The molecule has 0 fully saturated rings. The van der Waals surface area contributed by atoms with Crippen molar-refractivity contribution in [2.24, 2.45) is 0 Å². The number of aryl methyl sites for hydroxylation is 3. The van der Waals surface area contributed by atoms with Gasteiger partial charge in [-0.25, -0.2) is 9.78 Å². The van der Waals surface area contributed by atoms with Crippen LogP contribution in [0.4, 0.5) is 10.8 Å². The lowest BCUT2D eigenvalue weighted by Gasteiger charge is -2.32. The first-order chi connectivity index (χ1) is 18.7. The number of rotatable bonds is 4. The number of anilines is 2. The van der Waals surface area contributed by atoms with Gasteiger partial charge in [0.1, 0.15) is 10.5 Å². The molecule has 6 rings (SSSR count). The third-order valence-electron chi connectivity index (χ3n) is 7.40. The molecule has 2 aromatic carbocycles. The number of thiazole rings is 1. The smallest absolute Gasteiger partial charge is 0.350 e. The van der Waals surface area contributed by atoms with Crippen molar-refractivity contribution in [3.63, 3.8) is 0 Å². The van der Waals surface area contributed by atoms with Gasteiger partial charge in [-0.1, -0.05) is 35.6 Å². The maximum absolute atomic E-state index is 14.5. The largest absolute Gasteiger partial charge is 0.465 e. The van der Waals surface area contributed by atoms with E-state index in [9.17, 15) is 19.2 Å². The second-order valence-electron chi connectivity index (χ2n) is 9.54. The molecule has 4 aromatic rings. The summed E-state index contributed by atoms with van der Waals surface area (Å²) in [6.45, 7) is 9.31. The summed E-state index contributed by atoms with van der Waals surface area (Å²) >= 11 is 0.916. The van der Waals surface area contributed by atoms with Crippen molar-refractivity contribution in [2.45, 2.75) is 26.3 Å². The number of para-hydroxylation sites is 1. The van der Waals surface area contributed by atoms with E-state index in [1.54, 1.807) is 49.4 Å². The zero-order valence-corrected chi connectivity index (χ0v) is 22.5. The van der Waals surface area contributed by atoms with Crippen LogP contribution >= 0.6 is 11.3 Å². The Morgan fingerprint density at radius 3 is 2.59 bits per heavy atom. The molecular weight excluding hydrogens is 518 g/mol. The molecule has 0 N–H and O–H groups in total. The predicted molar refractivity (Wildman–Crippen MR) is 147 cm³/mol. The van der Waals surface area contributed by atoms with Crippen LogP contribution in [0.1, 0.15) is 48.2 Å². The summed E-state index contributed by atoms with van der Waals surface area (Å²) in [7, 11) is 1.25. The Labute approximate surface area is 226 Å². The van der Waals surface area contributed by atoms with E-state index in [0.717, 1.165) is 22.5 Å². The van der Waals surface area contributed by atoms with Gasteiger partial charge in [0.05, 0.1) is 29.4 Å². The summed E-state index contributed by atoms with van der Waals surface area (Å²) < 4.78 is 11.0. The standard InChI is InChI=1S/C29H23N3O6S/c1-6-11-31-19-10-8-7-9-18(19)29(27(31)36)21-22(33)17-12-14(2)15(3)13-20(17)38-23(21)25(34)32(29)28-30-16(4)24(39-28)26(35)37-5/h6-10,12-13H,1,11H2,2-5H3. The van der Waals surface area contributed by atoms with E-state index in [-0.39, 0.29) is 38.8 Å². The molecule has 1 unspecified atom stereocenters. The second kappa shape index (κ2) is 8.47. The fourth-order valence-electron chi connectivity index (χ4n) is 5.49. The molecule has 196 valence electrons. The summed E-state index contributed by atoms with van der Waals surface area (Å²) in [6.07, 6.45) is 1.58. The third kappa shape index (κ3) is 3.09. The van der Waals surface area contributed by atoms with Crippen LogP contribution in [-0.2, 0) is 15.1 Å². The first-order valence-corrected chi connectivity index (χ1v) is 13.0. The van der Waals surface area contributed by atoms with Crippen LogP contribution in [0, 0.1) is 20.8 Å². The zero-order valence-electron chi connectivity index (χ0n) is 21.7. The lowest BCUT2D eigenvalue weighted by Crippen LogP contribution is -2.53. The predicted octanol–water partition coefficient (Wildman–Crippen LogP) is 4.40. The number of ether oxygens (including phenoxy) is 1. The normalized spacial score (nSPS) is 17.7. The summed E-state index contributed by atoms with van der Waals surface area (Å²) in [4.78, 5) is 62.9. The highest BCUT2D eigenvalue weighted by atomic mass is 32.1. The van der Waals surface area contributed by atoms with E-state index in [0.29, 0.717) is 16.9 Å². The quantitative estimate of drug-likeness (QED) is 0.278. The monoisotopic (exact) mass is 541 g/mol. The molecule has 1 spiro atoms. The molecule has 2 amide bonds. The molecule has 0 aliphatic carbocycles. The Hall–Kier alpha value is -4.57. The number of methoxy groups -OCH3 is 1. The average Bonchev–Trinajstić information content (AvgIpc) is 3.50. The van der Waals surface area contributed by atoms with Crippen LogP contribution in [0.2, 0.25) is 0 Å². The Balaban J connectivity index is 1.76. The molecular formula is C29H23N3O6S. The van der Waals surface area contributed by atoms with Crippen molar-refractivity contribution < 1.29 is 23.5 Å². The van der Waals surface area contributed by atoms with Gasteiger partial charge in [0.15, 0.2) is 16.1 Å². The van der Waals surface area contributed by atoms with Crippen LogP contribution in [0.5, 0.6) is 0 Å². The Bertz CT molecular complexity index is 1840. The average molecular weight is 542 g/mol. The molecule has 2 aromatic heterocycles. The first kappa shape index (κ1) is 24.7. The second-order valence-corrected chi connectivity index (χ2v) is 10.5. The number of esters is 1. The SMILES string of the molecule is C=CCN1C(=O)C2(c3ccccc31)c1c(oc3cc(C)c(C)cc3c1=O)C(=O)N2c1nc(C)c(C(=O)OC)s1. The number of benzene rings is 2. The van der Waals surface area contributed by atoms with Gasteiger partial charge in [0, 0.05) is 12.1 Å². The highest BCUT2D eigenvalue weighted by molar-refractivity contribution is 7.17. The van der Waals surface area contributed by atoms with Gasteiger partial charge in [-0.15, -0.1) is 6.58 Å². The van der Waals surface area contributed by atoms with Crippen LogP contribution in [-0.4, -0.2) is 36.4 Å². The Kier molecular flexibility index (Phi) is 5.37. The molecule has 0 saturated heterocycles. The molecule has 0 saturated carbocycles. The number of carbonyl (C=O) groups is 3. The van der Waals surface area contributed by atoms with E-state index in [1.165, 1.54) is 16.9 Å². The number of nitrogens with zero attached hydrogens (tertiary/aromatic N) is 3. The maximum Gasteiger partial charge on any atom is 0.350 e. The summed E-state index contributed by atoms with van der Waals surface area (Å²) in [5.41, 5.74) is 0.876. The molecule has 0 bridgehead atoms. The molecule has 9 nitrogen and oxygen atoms in total. The molecule has 10 heteroatoms. The van der Waals surface area contributed by atoms with Crippen molar-refractivity contribution in [3.05, 3.63) is 97.9 Å². The minimum Gasteiger partial charge on any atom is -0.465 e. The van der Waals surface area contributed by atoms with E-state index in [4.69, 9.17) is 9.15 Å². The van der Waals surface area contributed by atoms with E-state index in [2.05, 4.69) is 11.6 Å². The number of amides is 2. The minimum atomic E-state index is -1.89. The summed E-state index contributed by atoms with van der Waals surface area (Å²) in [5.74, 6) is -2.06. The summed E-state index contributed by atoms with van der Waals surface area (Å²) in [6, 6.07) is 10.4. The highest BCUT2D eigenvalue weighted by Crippen LogP contribution is 2.54. The lowest BCUT2D eigenvalue weighted by molar-refractivity contribution is -0.121. The molecule has 2 aliphatic rings. The van der Waals surface area contributed by atoms with Crippen molar-refractivity contribution >= 4 is 50.9 Å². The Morgan fingerprint density at radius 1 is 1.15 bits per heavy atom. The van der Waals surface area contributed by atoms with Crippen LogP contribution in [0.15, 0.2) is 58.3 Å². The minimum absolute atomic E-state index is 0.0697. The van der Waals surface area contributed by atoms with Crippen LogP contribution in [0.3, 0.4) is 0 Å². The van der Waals surface area contributed by atoms with Gasteiger partial charge in [0.2, 0.25) is 5.76 Å². The van der Waals surface area contributed by atoms with E-state index in [1.807, 2.05) is 13.8 Å². The van der Waals surface area contributed by atoms with E-state index >= 15 is 0 Å². The topological polar surface area (TPSA) is 110 Å². The number of hydrogen-bond donors (Lipinski definition) is 0. The van der Waals surface area contributed by atoms with Gasteiger partial charge < -0.3 is 14.1 Å². The number of aromatic nitrogens is 1. The van der Waals surface area contributed by atoms with Crippen molar-refractivity contribution in [1.29, 1.82) is 0 Å². The zero-order chi connectivity index (χ0) is 27.8. The van der Waals surface area contributed by atoms with Gasteiger partial charge in [-0.05, 0) is 50.1 Å². The molecule has 4 heterocycles. The Morgan fingerprint density at radius 2 is 1.87 bits per heavy atom. The molecule has 0 radical (unpaired) electrons. The van der Waals surface area contributed by atoms with Gasteiger partial charge in [-0.3, -0.25) is 19.3 Å². The van der Waals surface area contributed by atoms with Gasteiger partial charge in [0.25, 0.3) is 11.8 Å². The maximum atomic E-state index is 14.5. The molecule has 2 aliphatic heterocycles.